The number of thiophene rings is 1. The van der Waals surface area contributed by atoms with Gasteiger partial charge in [0.05, 0.1) is 23.7 Å². The minimum atomic E-state index is -0.215. The van der Waals surface area contributed by atoms with Gasteiger partial charge in [0.25, 0.3) is 11.5 Å². The third kappa shape index (κ3) is 3.68. The smallest absolute Gasteiger partial charge is 0.273 e. The second kappa shape index (κ2) is 8.67. The van der Waals surface area contributed by atoms with Crippen LogP contribution in [0.25, 0.3) is 10.2 Å². The first-order chi connectivity index (χ1) is 14.6. The predicted octanol–water partition coefficient (Wildman–Crippen LogP) is 3.12. The molecule has 0 spiro atoms. The molecule has 0 saturated carbocycles. The van der Waals surface area contributed by atoms with E-state index in [0.717, 1.165) is 37.9 Å². The summed E-state index contributed by atoms with van der Waals surface area (Å²) in [5.74, 6) is 0.358. The summed E-state index contributed by atoms with van der Waals surface area (Å²) in [5.41, 5.74) is 2.05. The maximum Gasteiger partial charge on any atom is 0.273 e. The third-order valence-corrected chi connectivity index (χ3v) is 6.30. The number of hydrogen-bond donors (Lipinski definition) is 1. The fraction of sp³-hybridized carbons (Fsp3) is 0.364. The quantitative estimate of drug-likeness (QED) is 0.683. The summed E-state index contributed by atoms with van der Waals surface area (Å²) in [6.07, 6.45) is 3.23. The number of benzene rings is 1. The number of rotatable bonds is 5. The van der Waals surface area contributed by atoms with E-state index in [1.807, 2.05) is 25.1 Å². The van der Waals surface area contributed by atoms with E-state index >= 15 is 0 Å². The molecule has 1 fully saturated rings. The molecule has 1 amide bonds. The second-order valence-electron chi connectivity index (χ2n) is 7.31. The van der Waals surface area contributed by atoms with Crippen molar-refractivity contribution in [2.75, 3.05) is 24.5 Å². The highest BCUT2D eigenvalue weighted by Crippen LogP contribution is 2.26. The zero-order valence-electron chi connectivity index (χ0n) is 16.9. The molecule has 30 heavy (non-hydrogen) atoms. The van der Waals surface area contributed by atoms with Crippen molar-refractivity contribution in [2.45, 2.75) is 32.7 Å². The van der Waals surface area contributed by atoms with Gasteiger partial charge in [-0.3, -0.25) is 14.2 Å². The summed E-state index contributed by atoms with van der Waals surface area (Å²) in [7, 11) is 0. The van der Waals surface area contributed by atoms with E-state index in [-0.39, 0.29) is 18.0 Å². The van der Waals surface area contributed by atoms with E-state index in [2.05, 4.69) is 16.3 Å². The molecule has 3 aromatic rings. The number of nitrogens with one attached hydrogen (secondary N) is 1. The van der Waals surface area contributed by atoms with Crippen LogP contribution in [0.4, 0.5) is 5.95 Å². The summed E-state index contributed by atoms with van der Waals surface area (Å²) in [6, 6.07) is 9.51. The van der Waals surface area contributed by atoms with Crippen LogP contribution < -0.4 is 15.8 Å². The normalized spacial score (nSPS) is 13.9. The van der Waals surface area contributed by atoms with Crippen molar-refractivity contribution >= 4 is 33.4 Å². The van der Waals surface area contributed by atoms with Crippen molar-refractivity contribution in [1.29, 1.82) is 5.26 Å². The zero-order valence-corrected chi connectivity index (χ0v) is 17.7. The Kier molecular flexibility index (Phi) is 5.81. The first-order valence-corrected chi connectivity index (χ1v) is 11.0. The lowest BCUT2D eigenvalue weighted by atomic mass is 10.1. The molecule has 154 valence electrons. The number of hydrogen-bond acceptors (Lipinski definition) is 6. The van der Waals surface area contributed by atoms with E-state index in [1.54, 1.807) is 16.0 Å². The Bertz CT molecular complexity index is 1180. The Hall–Kier alpha value is -3.18. The third-order valence-electron chi connectivity index (χ3n) is 5.34. The summed E-state index contributed by atoms with van der Waals surface area (Å²) in [6.45, 7) is 4.28. The monoisotopic (exact) mass is 421 g/mol. The Labute approximate surface area is 178 Å². The van der Waals surface area contributed by atoms with Crippen LogP contribution in [0, 0.1) is 11.3 Å². The molecule has 3 heterocycles. The Balaban J connectivity index is 1.89. The Morgan fingerprint density at radius 2 is 2.03 bits per heavy atom. The van der Waals surface area contributed by atoms with Gasteiger partial charge in [-0.15, -0.1) is 11.3 Å². The standard InChI is InChI=1S/C22H23N5O2S/c1-2-24-20(28)17-14-30-19-18(17)25-22(26-10-6-3-7-11-26)27(21(19)29)13-16-9-5-4-8-15(16)12-23/h4-5,8-9,14H,2-3,6-7,10-11,13H2,1H3,(H,24,28). The summed E-state index contributed by atoms with van der Waals surface area (Å²) in [5, 5.41) is 14.0. The van der Waals surface area contributed by atoms with Crippen LogP contribution in [0.5, 0.6) is 0 Å². The van der Waals surface area contributed by atoms with Gasteiger partial charge in [0, 0.05) is 25.0 Å². The molecule has 2 aromatic heterocycles. The van der Waals surface area contributed by atoms with Gasteiger partial charge in [-0.2, -0.15) is 5.26 Å². The van der Waals surface area contributed by atoms with Crippen LogP contribution in [0.2, 0.25) is 0 Å². The van der Waals surface area contributed by atoms with Crippen molar-refractivity contribution in [3.63, 3.8) is 0 Å². The molecule has 0 radical (unpaired) electrons. The number of fused-ring (bicyclic) bond motifs is 1. The number of amides is 1. The molecule has 4 rings (SSSR count). The van der Waals surface area contributed by atoms with Gasteiger partial charge < -0.3 is 10.2 Å². The maximum atomic E-state index is 13.5. The maximum absolute atomic E-state index is 13.5. The number of carbonyl (C=O) groups excluding carboxylic acids is 1. The number of aromatic nitrogens is 2. The van der Waals surface area contributed by atoms with Crippen LogP contribution in [0.1, 0.15) is 47.7 Å². The lowest BCUT2D eigenvalue weighted by molar-refractivity contribution is 0.0957. The lowest BCUT2D eigenvalue weighted by Gasteiger charge is -2.29. The van der Waals surface area contributed by atoms with Crippen molar-refractivity contribution < 1.29 is 4.79 Å². The molecule has 7 nitrogen and oxygen atoms in total. The first-order valence-electron chi connectivity index (χ1n) is 10.2. The molecule has 1 N–H and O–H groups in total. The number of anilines is 1. The largest absolute Gasteiger partial charge is 0.352 e. The van der Waals surface area contributed by atoms with Crippen molar-refractivity contribution in [3.8, 4) is 6.07 Å². The average Bonchev–Trinajstić information content (AvgIpc) is 3.21. The molecule has 8 heteroatoms. The van der Waals surface area contributed by atoms with Gasteiger partial charge in [-0.05, 0) is 37.8 Å². The first kappa shape index (κ1) is 20.1. The SMILES string of the molecule is CCNC(=O)c1csc2c(=O)n(Cc3ccccc3C#N)c(N3CCCCC3)nc12. The van der Waals surface area contributed by atoms with E-state index in [1.165, 1.54) is 11.3 Å². The molecule has 0 unspecified atom stereocenters. The van der Waals surface area contributed by atoms with Gasteiger partial charge in [0.15, 0.2) is 0 Å². The minimum absolute atomic E-state index is 0.172. The fourth-order valence-electron chi connectivity index (χ4n) is 3.82. The lowest BCUT2D eigenvalue weighted by Crippen LogP contribution is -2.36. The predicted molar refractivity (Wildman–Crippen MR) is 118 cm³/mol. The number of nitrogens with zero attached hydrogens (tertiary/aromatic N) is 4. The highest BCUT2D eigenvalue weighted by molar-refractivity contribution is 7.17. The molecular formula is C22H23N5O2S. The highest BCUT2D eigenvalue weighted by atomic mass is 32.1. The summed E-state index contributed by atoms with van der Waals surface area (Å²) < 4.78 is 2.12. The average molecular weight is 422 g/mol. The van der Waals surface area contributed by atoms with Crippen molar-refractivity contribution in [1.82, 2.24) is 14.9 Å². The molecule has 1 aliphatic heterocycles. The molecule has 0 aliphatic carbocycles. The van der Waals surface area contributed by atoms with Gasteiger partial charge in [-0.25, -0.2) is 4.98 Å². The fourth-order valence-corrected chi connectivity index (χ4v) is 4.75. The summed E-state index contributed by atoms with van der Waals surface area (Å²) >= 11 is 1.24. The van der Waals surface area contributed by atoms with Gasteiger partial charge >= 0.3 is 0 Å². The van der Waals surface area contributed by atoms with Gasteiger partial charge in [0.1, 0.15) is 10.2 Å². The molecule has 1 aliphatic rings. The van der Waals surface area contributed by atoms with Crippen molar-refractivity contribution in [2.24, 2.45) is 0 Å². The number of carbonyl (C=O) groups is 1. The molecular weight excluding hydrogens is 398 g/mol. The van der Waals surface area contributed by atoms with E-state index in [9.17, 15) is 14.9 Å². The summed E-state index contributed by atoms with van der Waals surface area (Å²) in [4.78, 5) is 32.9. The molecule has 0 bridgehead atoms. The zero-order chi connectivity index (χ0) is 21.1. The van der Waals surface area contributed by atoms with Crippen LogP contribution in [-0.2, 0) is 6.54 Å². The number of nitriles is 1. The molecule has 1 saturated heterocycles. The van der Waals surface area contributed by atoms with Crippen LogP contribution >= 0.6 is 11.3 Å². The number of piperidine rings is 1. The second-order valence-corrected chi connectivity index (χ2v) is 8.19. The molecule has 0 atom stereocenters. The van der Waals surface area contributed by atoms with E-state index < -0.39 is 0 Å². The highest BCUT2D eigenvalue weighted by Gasteiger charge is 2.23. The van der Waals surface area contributed by atoms with Crippen molar-refractivity contribution in [3.05, 3.63) is 56.7 Å². The van der Waals surface area contributed by atoms with Crippen LogP contribution in [-0.4, -0.2) is 35.1 Å². The Morgan fingerprint density at radius 3 is 2.77 bits per heavy atom. The van der Waals surface area contributed by atoms with Crippen LogP contribution in [0.3, 0.4) is 0 Å². The van der Waals surface area contributed by atoms with Gasteiger partial charge in [-0.1, -0.05) is 18.2 Å². The minimum Gasteiger partial charge on any atom is -0.352 e. The molecule has 1 aromatic carbocycles. The van der Waals surface area contributed by atoms with Crippen LogP contribution in [0.15, 0.2) is 34.4 Å². The van der Waals surface area contributed by atoms with E-state index in [4.69, 9.17) is 4.98 Å². The topological polar surface area (TPSA) is 91.0 Å². The Morgan fingerprint density at radius 1 is 1.27 bits per heavy atom. The van der Waals surface area contributed by atoms with Gasteiger partial charge in [0.2, 0.25) is 5.95 Å². The van der Waals surface area contributed by atoms with E-state index in [0.29, 0.717) is 33.8 Å².